The summed E-state index contributed by atoms with van der Waals surface area (Å²) in [4.78, 5) is 1.27. The average molecular weight is 231 g/mol. The van der Waals surface area contributed by atoms with Crippen molar-refractivity contribution in [3.8, 4) is 0 Å². The number of nitrogens with one attached hydrogen (secondary N) is 1. The van der Waals surface area contributed by atoms with Gasteiger partial charge in [-0.2, -0.15) is 0 Å². The van der Waals surface area contributed by atoms with Crippen LogP contribution < -0.4 is 11.3 Å². The summed E-state index contributed by atoms with van der Waals surface area (Å²) in [6, 6.07) is 4.33. The Hall–Kier alpha value is -0.0900. The maximum Gasteiger partial charge on any atom is 0.0931 e. The number of hydrogen-bond donors (Lipinski definition) is 2. The molecule has 0 bridgehead atoms. The number of halogens is 1. The van der Waals surface area contributed by atoms with E-state index in [1.165, 1.54) is 30.6 Å². The molecule has 78 valence electrons. The second kappa shape index (κ2) is 4.62. The van der Waals surface area contributed by atoms with Crippen LogP contribution in [0.4, 0.5) is 0 Å². The standard InChI is InChI=1S/C10H15ClN2S/c11-9-6-5-8(14-9)10(13-12)7-3-1-2-4-7/h5-7,10,13H,1-4,12H2. The lowest BCUT2D eigenvalue weighted by Crippen LogP contribution is -2.32. The second-order valence-corrected chi connectivity index (χ2v) is 5.58. The lowest BCUT2D eigenvalue weighted by atomic mass is 9.97. The normalized spacial score (nSPS) is 20.1. The van der Waals surface area contributed by atoms with Crippen LogP contribution in [0, 0.1) is 5.92 Å². The topological polar surface area (TPSA) is 38.0 Å². The van der Waals surface area contributed by atoms with Crippen molar-refractivity contribution in [2.24, 2.45) is 11.8 Å². The third-order valence-corrected chi connectivity index (χ3v) is 4.27. The Labute approximate surface area is 93.4 Å². The second-order valence-electron chi connectivity index (χ2n) is 3.83. The van der Waals surface area contributed by atoms with Crippen molar-refractivity contribution in [2.75, 3.05) is 0 Å². The fourth-order valence-corrected chi connectivity index (χ4v) is 3.45. The molecule has 0 spiro atoms. The van der Waals surface area contributed by atoms with Gasteiger partial charge in [-0.05, 0) is 30.9 Å². The molecule has 1 atom stereocenters. The Kier molecular flexibility index (Phi) is 3.44. The third-order valence-electron chi connectivity index (χ3n) is 2.95. The van der Waals surface area contributed by atoms with Crippen LogP contribution in [0.2, 0.25) is 4.34 Å². The summed E-state index contributed by atoms with van der Waals surface area (Å²) in [6.45, 7) is 0. The molecule has 1 saturated carbocycles. The highest BCUT2D eigenvalue weighted by molar-refractivity contribution is 7.16. The summed E-state index contributed by atoms with van der Waals surface area (Å²) in [7, 11) is 0. The van der Waals surface area contributed by atoms with Gasteiger partial charge < -0.3 is 0 Å². The summed E-state index contributed by atoms with van der Waals surface area (Å²) >= 11 is 7.55. The van der Waals surface area contributed by atoms with Gasteiger partial charge in [0.2, 0.25) is 0 Å². The predicted molar refractivity (Wildman–Crippen MR) is 61.4 cm³/mol. The first kappa shape index (κ1) is 10.4. The minimum atomic E-state index is 0.301. The van der Waals surface area contributed by atoms with E-state index in [9.17, 15) is 0 Å². The van der Waals surface area contributed by atoms with Gasteiger partial charge in [0.15, 0.2) is 0 Å². The van der Waals surface area contributed by atoms with Gasteiger partial charge in [-0.15, -0.1) is 11.3 Å². The number of thiophene rings is 1. The summed E-state index contributed by atoms with van der Waals surface area (Å²) in [5.74, 6) is 6.30. The van der Waals surface area contributed by atoms with Gasteiger partial charge in [-0.3, -0.25) is 11.3 Å². The van der Waals surface area contributed by atoms with E-state index in [1.54, 1.807) is 11.3 Å². The molecular weight excluding hydrogens is 216 g/mol. The zero-order valence-electron chi connectivity index (χ0n) is 8.00. The largest absolute Gasteiger partial charge is 0.271 e. The predicted octanol–water partition coefficient (Wildman–Crippen LogP) is 3.10. The van der Waals surface area contributed by atoms with Crippen LogP contribution in [-0.2, 0) is 0 Å². The van der Waals surface area contributed by atoms with Crippen LogP contribution in [0.5, 0.6) is 0 Å². The Bertz CT molecular complexity index is 294. The summed E-state index contributed by atoms with van der Waals surface area (Å²) in [6.07, 6.45) is 5.23. The molecule has 0 radical (unpaired) electrons. The molecule has 1 aliphatic rings. The first-order valence-corrected chi connectivity index (χ1v) is 6.22. The van der Waals surface area contributed by atoms with Crippen molar-refractivity contribution in [3.63, 3.8) is 0 Å². The SMILES string of the molecule is NNC(c1ccc(Cl)s1)C1CCCC1. The number of hydrogen-bond acceptors (Lipinski definition) is 3. The quantitative estimate of drug-likeness (QED) is 0.619. The third kappa shape index (κ3) is 2.11. The van der Waals surface area contributed by atoms with Gasteiger partial charge in [0.1, 0.15) is 0 Å². The van der Waals surface area contributed by atoms with E-state index in [2.05, 4.69) is 11.5 Å². The van der Waals surface area contributed by atoms with Gasteiger partial charge in [0, 0.05) is 4.88 Å². The molecule has 1 aromatic rings. The fourth-order valence-electron chi connectivity index (χ4n) is 2.24. The molecule has 1 unspecified atom stereocenters. The summed E-state index contributed by atoms with van der Waals surface area (Å²) in [5, 5.41) is 0. The molecule has 14 heavy (non-hydrogen) atoms. The zero-order valence-corrected chi connectivity index (χ0v) is 9.57. The molecule has 3 N–H and O–H groups in total. The molecule has 1 fully saturated rings. The first-order chi connectivity index (χ1) is 6.81. The van der Waals surface area contributed by atoms with E-state index in [0.29, 0.717) is 12.0 Å². The van der Waals surface area contributed by atoms with Crippen molar-refractivity contribution in [2.45, 2.75) is 31.7 Å². The van der Waals surface area contributed by atoms with E-state index < -0.39 is 0 Å². The molecular formula is C10H15ClN2S. The molecule has 2 nitrogen and oxygen atoms in total. The van der Waals surface area contributed by atoms with E-state index in [0.717, 1.165) is 4.34 Å². The Balaban J connectivity index is 2.12. The smallest absolute Gasteiger partial charge is 0.0931 e. The van der Waals surface area contributed by atoms with E-state index in [1.807, 2.05) is 6.07 Å². The van der Waals surface area contributed by atoms with Gasteiger partial charge in [-0.1, -0.05) is 24.4 Å². The number of rotatable bonds is 3. The molecule has 0 saturated heterocycles. The van der Waals surface area contributed by atoms with E-state index in [-0.39, 0.29) is 0 Å². The molecule has 1 aliphatic carbocycles. The van der Waals surface area contributed by atoms with Gasteiger partial charge in [0.25, 0.3) is 0 Å². The average Bonchev–Trinajstić information content (AvgIpc) is 2.79. The monoisotopic (exact) mass is 230 g/mol. The Morgan fingerprint density at radius 1 is 1.43 bits per heavy atom. The van der Waals surface area contributed by atoms with Crippen molar-refractivity contribution in [1.82, 2.24) is 5.43 Å². The van der Waals surface area contributed by atoms with Crippen LogP contribution in [0.25, 0.3) is 0 Å². The van der Waals surface area contributed by atoms with Crippen molar-refractivity contribution < 1.29 is 0 Å². The lowest BCUT2D eigenvalue weighted by molar-refractivity contribution is 0.378. The van der Waals surface area contributed by atoms with Crippen LogP contribution in [0.15, 0.2) is 12.1 Å². The molecule has 1 aromatic heterocycles. The number of nitrogens with two attached hydrogens (primary N) is 1. The van der Waals surface area contributed by atoms with Gasteiger partial charge >= 0.3 is 0 Å². The van der Waals surface area contributed by atoms with Gasteiger partial charge in [0.05, 0.1) is 10.4 Å². The molecule has 2 rings (SSSR count). The van der Waals surface area contributed by atoms with Crippen LogP contribution in [0.1, 0.15) is 36.6 Å². The minimum absolute atomic E-state index is 0.301. The van der Waals surface area contributed by atoms with Crippen LogP contribution in [0.3, 0.4) is 0 Å². The molecule has 0 amide bonds. The maximum absolute atomic E-state index is 5.92. The Morgan fingerprint density at radius 2 is 2.14 bits per heavy atom. The minimum Gasteiger partial charge on any atom is -0.271 e. The number of hydrazine groups is 1. The highest BCUT2D eigenvalue weighted by Gasteiger charge is 2.26. The first-order valence-electron chi connectivity index (χ1n) is 5.02. The highest BCUT2D eigenvalue weighted by Crippen LogP contribution is 2.38. The zero-order chi connectivity index (χ0) is 9.97. The Morgan fingerprint density at radius 3 is 2.64 bits per heavy atom. The van der Waals surface area contributed by atoms with E-state index >= 15 is 0 Å². The van der Waals surface area contributed by atoms with Crippen molar-refractivity contribution in [1.29, 1.82) is 0 Å². The molecule has 0 aliphatic heterocycles. The molecule has 0 aromatic carbocycles. The fraction of sp³-hybridized carbons (Fsp3) is 0.600. The van der Waals surface area contributed by atoms with Crippen LogP contribution >= 0.6 is 22.9 Å². The molecule has 4 heteroatoms. The van der Waals surface area contributed by atoms with Crippen LogP contribution in [-0.4, -0.2) is 0 Å². The highest BCUT2D eigenvalue weighted by atomic mass is 35.5. The van der Waals surface area contributed by atoms with Gasteiger partial charge in [-0.25, -0.2) is 0 Å². The van der Waals surface area contributed by atoms with Crippen molar-refractivity contribution >= 4 is 22.9 Å². The van der Waals surface area contributed by atoms with Crippen molar-refractivity contribution in [3.05, 3.63) is 21.3 Å². The lowest BCUT2D eigenvalue weighted by Gasteiger charge is -2.20. The molecule has 1 heterocycles. The summed E-state index contributed by atoms with van der Waals surface area (Å²) in [5.41, 5.74) is 2.93. The summed E-state index contributed by atoms with van der Waals surface area (Å²) < 4.78 is 0.846. The van der Waals surface area contributed by atoms with E-state index in [4.69, 9.17) is 17.4 Å². The maximum atomic E-state index is 5.92.